The molecule has 4 heteroatoms. The maximum absolute atomic E-state index is 12.0. The van der Waals surface area contributed by atoms with Gasteiger partial charge in [0.1, 0.15) is 6.61 Å². The van der Waals surface area contributed by atoms with E-state index in [1.165, 1.54) is 0 Å². The van der Waals surface area contributed by atoms with Gasteiger partial charge in [0, 0.05) is 19.2 Å². The normalized spacial score (nSPS) is 18.7. The van der Waals surface area contributed by atoms with Crippen molar-refractivity contribution in [2.24, 2.45) is 0 Å². The molecule has 1 aliphatic rings. The summed E-state index contributed by atoms with van der Waals surface area (Å²) in [6, 6.07) is 7.87. The molecular formula is C17H22N2O2. The lowest BCUT2D eigenvalue weighted by Gasteiger charge is -2.34. The van der Waals surface area contributed by atoms with Gasteiger partial charge >= 0.3 is 0 Å². The average molecular weight is 286 g/mol. The largest absolute Gasteiger partial charge is 0.384 e. The molecular weight excluding hydrogens is 264 g/mol. The molecule has 0 bridgehead atoms. The standard InChI is InChI=1S/C17H22N2O2/c1-18-17(21)16-10-4-5-11-19(16)13-15-8-3-2-7-14(15)9-6-12-20/h2-3,7-8,16,20H,4-5,10-13H2,1H3,(H,18,21). The molecule has 2 N–H and O–H groups in total. The van der Waals surface area contributed by atoms with Crippen molar-refractivity contribution < 1.29 is 9.90 Å². The number of nitrogens with one attached hydrogen (secondary N) is 1. The number of aliphatic hydroxyl groups excluding tert-OH is 1. The smallest absolute Gasteiger partial charge is 0.237 e. The molecule has 1 saturated heterocycles. The monoisotopic (exact) mass is 286 g/mol. The van der Waals surface area contributed by atoms with Gasteiger partial charge in [-0.05, 0) is 31.0 Å². The summed E-state index contributed by atoms with van der Waals surface area (Å²) >= 11 is 0. The van der Waals surface area contributed by atoms with E-state index in [1.54, 1.807) is 7.05 Å². The first-order chi connectivity index (χ1) is 10.3. The Morgan fingerprint density at radius 2 is 2.24 bits per heavy atom. The van der Waals surface area contributed by atoms with Gasteiger partial charge in [-0.1, -0.05) is 36.5 Å². The molecule has 4 nitrogen and oxygen atoms in total. The number of piperidine rings is 1. The SMILES string of the molecule is CNC(=O)C1CCCCN1Cc1ccccc1C#CCO. The van der Waals surface area contributed by atoms with Gasteiger partial charge in [-0.15, -0.1) is 0 Å². The third-order valence-electron chi connectivity index (χ3n) is 3.86. The molecule has 0 radical (unpaired) electrons. The van der Waals surface area contributed by atoms with Crippen LogP contribution in [0.25, 0.3) is 0 Å². The highest BCUT2D eigenvalue weighted by Gasteiger charge is 2.28. The Kier molecular flexibility index (Phi) is 5.79. The molecule has 1 aromatic rings. The molecule has 1 fully saturated rings. The molecule has 1 aliphatic heterocycles. The number of aliphatic hydroxyl groups is 1. The van der Waals surface area contributed by atoms with E-state index in [0.717, 1.165) is 36.9 Å². The number of likely N-dealkylation sites (tertiary alicyclic amines) is 1. The number of amides is 1. The molecule has 1 heterocycles. The van der Waals surface area contributed by atoms with E-state index in [1.807, 2.05) is 24.3 Å². The van der Waals surface area contributed by atoms with Crippen LogP contribution in [0.15, 0.2) is 24.3 Å². The summed E-state index contributed by atoms with van der Waals surface area (Å²) in [4.78, 5) is 14.2. The zero-order valence-electron chi connectivity index (χ0n) is 12.4. The van der Waals surface area contributed by atoms with Crippen molar-refractivity contribution in [1.82, 2.24) is 10.2 Å². The summed E-state index contributed by atoms with van der Waals surface area (Å²) in [5, 5.41) is 11.6. The van der Waals surface area contributed by atoms with Crippen molar-refractivity contribution in [2.75, 3.05) is 20.2 Å². The van der Waals surface area contributed by atoms with E-state index in [-0.39, 0.29) is 18.6 Å². The van der Waals surface area contributed by atoms with Crippen molar-refractivity contribution in [3.8, 4) is 11.8 Å². The molecule has 0 spiro atoms. The van der Waals surface area contributed by atoms with Crippen molar-refractivity contribution in [3.63, 3.8) is 0 Å². The molecule has 0 aliphatic carbocycles. The predicted octanol–water partition coefficient (Wildman–Crippen LogP) is 1.13. The fraction of sp³-hybridized carbons (Fsp3) is 0.471. The van der Waals surface area contributed by atoms with Crippen molar-refractivity contribution in [1.29, 1.82) is 0 Å². The summed E-state index contributed by atoms with van der Waals surface area (Å²) in [5.41, 5.74) is 2.03. The van der Waals surface area contributed by atoms with Gasteiger partial charge in [0.15, 0.2) is 0 Å². The van der Waals surface area contributed by atoms with Crippen LogP contribution in [0.2, 0.25) is 0 Å². The number of hydrogen-bond acceptors (Lipinski definition) is 3. The molecule has 21 heavy (non-hydrogen) atoms. The quantitative estimate of drug-likeness (QED) is 0.819. The van der Waals surface area contributed by atoms with Crippen LogP contribution in [0.4, 0.5) is 0 Å². The lowest BCUT2D eigenvalue weighted by atomic mass is 9.99. The molecule has 0 aromatic heterocycles. The lowest BCUT2D eigenvalue weighted by molar-refractivity contribution is -0.127. The van der Waals surface area contributed by atoms with E-state index in [9.17, 15) is 4.79 Å². The number of nitrogens with zero attached hydrogens (tertiary/aromatic N) is 1. The van der Waals surface area contributed by atoms with E-state index in [0.29, 0.717) is 6.54 Å². The van der Waals surface area contributed by atoms with Gasteiger partial charge in [0.2, 0.25) is 5.91 Å². The molecule has 1 aromatic carbocycles. The molecule has 112 valence electrons. The third kappa shape index (κ3) is 4.07. The number of carbonyl (C=O) groups excluding carboxylic acids is 1. The van der Waals surface area contributed by atoms with E-state index in [2.05, 4.69) is 22.1 Å². The topological polar surface area (TPSA) is 52.6 Å². The highest BCUT2D eigenvalue weighted by molar-refractivity contribution is 5.81. The highest BCUT2D eigenvalue weighted by Crippen LogP contribution is 2.21. The van der Waals surface area contributed by atoms with Gasteiger partial charge in [0.25, 0.3) is 0 Å². The van der Waals surface area contributed by atoms with Crippen LogP contribution >= 0.6 is 0 Å². The summed E-state index contributed by atoms with van der Waals surface area (Å²) in [6.45, 7) is 1.51. The van der Waals surface area contributed by atoms with Crippen LogP contribution in [0, 0.1) is 11.8 Å². The van der Waals surface area contributed by atoms with Gasteiger partial charge < -0.3 is 10.4 Å². The highest BCUT2D eigenvalue weighted by atomic mass is 16.2. The van der Waals surface area contributed by atoms with Crippen LogP contribution < -0.4 is 5.32 Å². The van der Waals surface area contributed by atoms with Crippen LogP contribution in [0.3, 0.4) is 0 Å². The summed E-state index contributed by atoms with van der Waals surface area (Å²) < 4.78 is 0. The number of rotatable bonds is 3. The average Bonchev–Trinajstić information content (AvgIpc) is 2.54. The fourth-order valence-electron chi connectivity index (χ4n) is 2.78. The number of likely N-dealkylation sites (N-methyl/N-ethyl adjacent to an activating group) is 1. The molecule has 1 unspecified atom stereocenters. The summed E-state index contributed by atoms with van der Waals surface area (Å²) in [7, 11) is 1.69. The molecule has 0 saturated carbocycles. The minimum Gasteiger partial charge on any atom is -0.384 e. The zero-order valence-corrected chi connectivity index (χ0v) is 12.4. The Bertz CT molecular complexity index is 545. The van der Waals surface area contributed by atoms with E-state index < -0.39 is 0 Å². The third-order valence-corrected chi connectivity index (χ3v) is 3.86. The van der Waals surface area contributed by atoms with Crippen molar-refractivity contribution in [2.45, 2.75) is 31.8 Å². The Labute approximate surface area is 126 Å². The van der Waals surface area contributed by atoms with Crippen LogP contribution in [0.1, 0.15) is 30.4 Å². The Morgan fingerprint density at radius 3 is 3.00 bits per heavy atom. The minimum absolute atomic E-state index is 0.0531. The minimum atomic E-state index is -0.140. The van der Waals surface area contributed by atoms with Crippen LogP contribution in [-0.4, -0.2) is 42.2 Å². The fourth-order valence-corrected chi connectivity index (χ4v) is 2.78. The first kappa shape index (κ1) is 15.6. The van der Waals surface area contributed by atoms with Gasteiger partial charge in [0.05, 0.1) is 6.04 Å². The van der Waals surface area contributed by atoms with E-state index in [4.69, 9.17) is 5.11 Å². The second-order valence-electron chi connectivity index (χ2n) is 5.21. The second-order valence-corrected chi connectivity index (χ2v) is 5.21. The maximum Gasteiger partial charge on any atom is 0.237 e. The number of carbonyl (C=O) groups is 1. The Balaban J connectivity index is 2.17. The first-order valence-electron chi connectivity index (χ1n) is 7.39. The van der Waals surface area contributed by atoms with Gasteiger partial charge in [-0.2, -0.15) is 0 Å². The van der Waals surface area contributed by atoms with Crippen molar-refractivity contribution in [3.05, 3.63) is 35.4 Å². The maximum atomic E-state index is 12.0. The molecule has 1 amide bonds. The van der Waals surface area contributed by atoms with Gasteiger partial charge in [-0.3, -0.25) is 9.69 Å². The first-order valence-corrected chi connectivity index (χ1v) is 7.39. The Morgan fingerprint density at radius 1 is 1.43 bits per heavy atom. The zero-order chi connectivity index (χ0) is 15.1. The van der Waals surface area contributed by atoms with E-state index >= 15 is 0 Å². The summed E-state index contributed by atoms with van der Waals surface area (Å²) in [6.07, 6.45) is 3.13. The predicted molar refractivity (Wildman–Crippen MR) is 82.5 cm³/mol. The summed E-state index contributed by atoms with van der Waals surface area (Å²) in [5.74, 6) is 5.77. The molecule has 1 atom stereocenters. The van der Waals surface area contributed by atoms with Crippen LogP contribution in [0.5, 0.6) is 0 Å². The van der Waals surface area contributed by atoms with Crippen molar-refractivity contribution >= 4 is 5.91 Å². The number of benzene rings is 1. The molecule has 2 rings (SSSR count). The lowest BCUT2D eigenvalue weighted by Crippen LogP contribution is -2.48. The van der Waals surface area contributed by atoms with Gasteiger partial charge in [-0.25, -0.2) is 0 Å². The number of hydrogen-bond donors (Lipinski definition) is 2. The second kappa shape index (κ2) is 7.82. The Hall–Kier alpha value is -1.83. The van der Waals surface area contributed by atoms with Crippen LogP contribution in [-0.2, 0) is 11.3 Å².